The molecule has 0 bridgehead atoms. The first-order chi connectivity index (χ1) is 23.6. The van der Waals surface area contributed by atoms with E-state index in [1.54, 1.807) is 26.0 Å². The predicted molar refractivity (Wildman–Crippen MR) is 184 cm³/mol. The van der Waals surface area contributed by atoms with Gasteiger partial charge in [-0.05, 0) is 82.2 Å². The molecule has 0 saturated heterocycles. The van der Waals surface area contributed by atoms with Crippen LogP contribution in [0.3, 0.4) is 0 Å². The average Bonchev–Trinajstić information content (AvgIpc) is 3.09. The van der Waals surface area contributed by atoms with Gasteiger partial charge in [-0.15, -0.1) is 0 Å². The van der Waals surface area contributed by atoms with Gasteiger partial charge in [0.15, 0.2) is 6.10 Å². The fraction of sp³-hybridized carbons (Fsp3) is 0.459. The smallest absolute Gasteiger partial charge is 0.407 e. The van der Waals surface area contributed by atoms with E-state index in [0.717, 1.165) is 24.8 Å². The second-order valence-corrected chi connectivity index (χ2v) is 11.3. The Labute approximate surface area is 289 Å². The van der Waals surface area contributed by atoms with E-state index in [1.165, 1.54) is 0 Å². The van der Waals surface area contributed by atoms with Gasteiger partial charge in [-0.3, -0.25) is 0 Å². The molecule has 0 aliphatic rings. The van der Waals surface area contributed by atoms with Crippen LogP contribution in [0.4, 0.5) is 9.59 Å². The van der Waals surface area contributed by atoms with Crippen molar-refractivity contribution < 1.29 is 47.6 Å². The summed E-state index contributed by atoms with van der Waals surface area (Å²) in [5.74, 6) is 0.425. The van der Waals surface area contributed by atoms with Gasteiger partial charge >= 0.3 is 24.1 Å². The lowest BCUT2D eigenvalue weighted by molar-refractivity contribution is -0.139. The van der Waals surface area contributed by atoms with Gasteiger partial charge in [-0.1, -0.05) is 43.5 Å². The van der Waals surface area contributed by atoms with Gasteiger partial charge in [-0.25, -0.2) is 19.2 Å². The third kappa shape index (κ3) is 19.4. The Bertz CT molecular complexity index is 1310. The molecule has 0 radical (unpaired) electrons. The first-order valence-electron chi connectivity index (χ1n) is 16.5. The summed E-state index contributed by atoms with van der Waals surface area (Å²) in [4.78, 5) is 47.2. The zero-order valence-electron chi connectivity index (χ0n) is 28.7. The fourth-order valence-electron chi connectivity index (χ4n) is 4.03. The topological polar surface area (TPSA) is 148 Å². The van der Waals surface area contributed by atoms with Gasteiger partial charge in [0.1, 0.15) is 24.7 Å². The highest BCUT2D eigenvalue weighted by molar-refractivity contribution is 5.87. The molecule has 49 heavy (non-hydrogen) atoms. The van der Waals surface area contributed by atoms with E-state index in [4.69, 9.17) is 28.4 Å². The van der Waals surface area contributed by atoms with Gasteiger partial charge in [0.2, 0.25) is 0 Å². The van der Waals surface area contributed by atoms with Crippen molar-refractivity contribution in [2.45, 2.75) is 64.9 Å². The molecular weight excluding hydrogens is 632 g/mol. The average molecular weight is 683 g/mol. The normalized spacial score (nSPS) is 11.0. The van der Waals surface area contributed by atoms with Gasteiger partial charge in [0.05, 0.1) is 19.8 Å². The highest BCUT2D eigenvalue weighted by Gasteiger charge is 2.17. The van der Waals surface area contributed by atoms with Crippen molar-refractivity contribution in [3.8, 4) is 11.5 Å². The van der Waals surface area contributed by atoms with E-state index in [1.807, 2.05) is 42.5 Å². The number of hydrogen-bond acceptors (Lipinski definition) is 10. The Kier molecular flexibility index (Phi) is 19.8. The summed E-state index contributed by atoms with van der Waals surface area (Å²) in [6.45, 7) is 12.2. The minimum absolute atomic E-state index is 0.0661. The number of esters is 2. The van der Waals surface area contributed by atoms with Crippen LogP contribution in [0.15, 0.2) is 78.9 Å². The molecule has 2 amide bonds. The highest BCUT2D eigenvalue weighted by atomic mass is 16.6. The van der Waals surface area contributed by atoms with E-state index in [9.17, 15) is 19.2 Å². The molecule has 0 saturated carbocycles. The van der Waals surface area contributed by atoms with Crippen LogP contribution in [0.2, 0.25) is 0 Å². The number of hydrogen-bond donors (Lipinski definition) is 2. The van der Waals surface area contributed by atoms with Crippen LogP contribution in [-0.4, -0.2) is 76.4 Å². The van der Waals surface area contributed by atoms with E-state index in [-0.39, 0.29) is 19.8 Å². The Balaban J connectivity index is 1.68. The number of alkyl carbamates (subject to hydrolysis) is 2. The Hall–Kier alpha value is -5.00. The minimum Gasteiger partial charge on any atom is -0.490 e. The molecule has 1 atom stereocenters. The summed E-state index contributed by atoms with van der Waals surface area (Å²) in [5, 5.41) is 5.45. The number of nitrogens with one attached hydrogen (secondary N) is 2. The molecule has 0 spiro atoms. The van der Waals surface area contributed by atoms with Crippen molar-refractivity contribution in [2.75, 3.05) is 46.1 Å². The number of amides is 2. The summed E-state index contributed by atoms with van der Waals surface area (Å²) >= 11 is 0. The molecule has 2 aromatic rings. The van der Waals surface area contributed by atoms with Crippen molar-refractivity contribution >= 4 is 24.1 Å². The predicted octanol–water partition coefficient (Wildman–Crippen LogP) is 6.09. The summed E-state index contributed by atoms with van der Waals surface area (Å²) in [6.07, 6.45) is 3.17. The summed E-state index contributed by atoms with van der Waals surface area (Å²) in [6, 6.07) is 16.6. The molecule has 12 heteroatoms. The Morgan fingerprint density at radius 3 is 1.65 bits per heavy atom. The number of carbonyl (C=O) groups is 4. The van der Waals surface area contributed by atoms with Gasteiger partial charge in [0.25, 0.3) is 0 Å². The maximum absolute atomic E-state index is 12.5. The van der Waals surface area contributed by atoms with Gasteiger partial charge < -0.3 is 39.1 Å². The fourth-order valence-corrected chi connectivity index (χ4v) is 4.03. The maximum atomic E-state index is 12.5. The van der Waals surface area contributed by atoms with Crippen molar-refractivity contribution in [3.63, 3.8) is 0 Å². The molecular formula is C37H50N2O10. The van der Waals surface area contributed by atoms with Gasteiger partial charge in [0, 0.05) is 30.7 Å². The molecule has 0 aliphatic heterocycles. The standard InChI is InChI=1S/C37H50N2O10/c1-28(2)34(40)44-23-12-6-10-21-38-36(42)46-25-20-30-16-18-32(19-17-30)48-27-33(26-47-31-14-8-5-9-15-31)49-37(43)39-22-11-7-13-24-45-35(41)29(3)4/h5,8-9,14-19,33H,1,3,6-7,10-13,20-27H2,2,4H3,(H,38,42)(H,39,43). The second-order valence-electron chi connectivity index (χ2n) is 11.3. The number of benzene rings is 2. The first kappa shape index (κ1) is 40.2. The van der Waals surface area contributed by atoms with Crippen LogP contribution in [0.5, 0.6) is 11.5 Å². The largest absolute Gasteiger partial charge is 0.490 e. The molecule has 0 aliphatic carbocycles. The Morgan fingerprint density at radius 1 is 0.612 bits per heavy atom. The van der Waals surface area contributed by atoms with E-state index in [2.05, 4.69) is 23.8 Å². The minimum atomic E-state index is -0.688. The number of unbranched alkanes of at least 4 members (excludes halogenated alkanes) is 4. The van der Waals surface area contributed by atoms with Gasteiger partial charge in [-0.2, -0.15) is 0 Å². The molecule has 0 aromatic heterocycles. The lowest BCUT2D eigenvalue weighted by atomic mass is 10.1. The van der Waals surface area contributed by atoms with Crippen molar-refractivity contribution in [1.82, 2.24) is 10.6 Å². The lowest BCUT2D eigenvalue weighted by Gasteiger charge is -2.19. The molecule has 0 heterocycles. The molecule has 12 nitrogen and oxygen atoms in total. The number of para-hydroxylation sites is 1. The zero-order valence-corrected chi connectivity index (χ0v) is 28.7. The third-order valence-electron chi connectivity index (χ3n) is 6.78. The number of rotatable bonds is 24. The van der Waals surface area contributed by atoms with Crippen LogP contribution in [-0.2, 0) is 35.0 Å². The summed E-state index contributed by atoms with van der Waals surface area (Å²) in [5.41, 5.74) is 1.69. The van der Waals surface area contributed by atoms with Crippen molar-refractivity contribution in [1.29, 1.82) is 0 Å². The zero-order chi connectivity index (χ0) is 35.7. The molecule has 2 N–H and O–H groups in total. The van der Waals surface area contributed by atoms with Crippen LogP contribution in [0, 0.1) is 0 Å². The summed E-state index contributed by atoms with van der Waals surface area (Å²) < 4.78 is 32.7. The molecule has 0 fully saturated rings. The summed E-state index contributed by atoms with van der Waals surface area (Å²) in [7, 11) is 0. The highest BCUT2D eigenvalue weighted by Crippen LogP contribution is 2.15. The number of ether oxygens (including phenoxy) is 6. The first-order valence-corrected chi connectivity index (χ1v) is 16.5. The van der Waals surface area contributed by atoms with Crippen LogP contribution >= 0.6 is 0 Å². The van der Waals surface area contributed by atoms with Crippen LogP contribution in [0.1, 0.15) is 57.9 Å². The number of carbonyl (C=O) groups excluding carboxylic acids is 4. The Morgan fingerprint density at radius 2 is 1.12 bits per heavy atom. The van der Waals surface area contributed by atoms with Crippen LogP contribution < -0.4 is 20.1 Å². The quantitative estimate of drug-likeness (QED) is 0.0577. The van der Waals surface area contributed by atoms with Crippen LogP contribution in [0.25, 0.3) is 0 Å². The molecule has 2 aromatic carbocycles. The molecule has 268 valence electrons. The monoisotopic (exact) mass is 682 g/mol. The maximum Gasteiger partial charge on any atom is 0.407 e. The lowest BCUT2D eigenvalue weighted by Crippen LogP contribution is -2.36. The third-order valence-corrected chi connectivity index (χ3v) is 6.78. The van der Waals surface area contributed by atoms with Crippen molar-refractivity contribution in [2.24, 2.45) is 0 Å². The van der Waals surface area contributed by atoms with E-state index < -0.39 is 30.2 Å². The molecule has 2 rings (SSSR count). The second kappa shape index (κ2) is 24.2. The SMILES string of the molecule is C=C(C)C(=O)OCCCCCNC(=O)OCCc1ccc(OCC(COc2ccccc2)OC(=O)NCCCCCOC(=O)C(=C)C)cc1. The van der Waals surface area contributed by atoms with Crippen molar-refractivity contribution in [3.05, 3.63) is 84.5 Å². The molecule has 1 unspecified atom stereocenters. The van der Waals surface area contributed by atoms with E-state index >= 15 is 0 Å². The van der Waals surface area contributed by atoms with E-state index in [0.29, 0.717) is 74.6 Å².